The Kier molecular flexibility index (Phi) is 4.66. The molecule has 0 bridgehead atoms. The van der Waals surface area contributed by atoms with Gasteiger partial charge < -0.3 is 5.73 Å². The molecule has 1 saturated carbocycles. The van der Waals surface area contributed by atoms with E-state index in [2.05, 4.69) is 36.9 Å². The van der Waals surface area contributed by atoms with Gasteiger partial charge in [-0.3, -0.25) is 4.90 Å². The van der Waals surface area contributed by atoms with Gasteiger partial charge in [0.2, 0.25) is 0 Å². The zero-order chi connectivity index (χ0) is 14.8. The first-order valence-electron chi connectivity index (χ1n) is 8.67. The molecule has 2 heteroatoms. The predicted octanol–water partition coefficient (Wildman–Crippen LogP) is 3.44. The number of piperidine rings is 1. The number of nitrogens with two attached hydrogens (primary N) is 1. The summed E-state index contributed by atoms with van der Waals surface area (Å²) in [6.45, 7) is 6.78. The van der Waals surface area contributed by atoms with E-state index in [1.54, 1.807) is 0 Å². The van der Waals surface area contributed by atoms with Gasteiger partial charge in [0, 0.05) is 25.2 Å². The van der Waals surface area contributed by atoms with Crippen molar-refractivity contribution in [1.29, 1.82) is 0 Å². The fraction of sp³-hybridized carbons (Fsp3) is 0.684. The average Bonchev–Trinajstić information content (AvgIpc) is 2.96. The second-order valence-corrected chi connectivity index (χ2v) is 7.38. The number of aryl methyl sites for hydroxylation is 2. The van der Waals surface area contributed by atoms with Gasteiger partial charge in [-0.2, -0.15) is 0 Å². The summed E-state index contributed by atoms with van der Waals surface area (Å²) in [6.07, 6.45) is 8.00. The minimum Gasteiger partial charge on any atom is -0.327 e. The van der Waals surface area contributed by atoms with Gasteiger partial charge in [-0.25, -0.2) is 0 Å². The molecule has 2 N–H and O–H groups in total. The molecule has 0 aromatic heterocycles. The summed E-state index contributed by atoms with van der Waals surface area (Å²) < 4.78 is 0. The van der Waals surface area contributed by atoms with Crippen molar-refractivity contribution in [3.63, 3.8) is 0 Å². The van der Waals surface area contributed by atoms with Crippen LogP contribution in [0.2, 0.25) is 0 Å². The first-order valence-corrected chi connectivity index (χ1v) is 8.67. The Morgan fingerprint density at radius 1 is 1.10 bits per heavy atom. The van der Waals surface area contributed by atoms with Crippen LogP contribution in [0.3, 0.4) is 0 Å². The molecule has 1 saturated heterocycles. The van der Waals surface area contributed by atoms with Crippen molar-refractivity contribution in [2.75, 3.05) is 13.1 Å². The Hall–Kier alpha value is -0.860. The zero-order valence-corrected chi connectivity index (χ0v) is 13.6. The fourth-order valence-corrected chi connectivity index (χ4v) is 4.26. The molecule has 116 valence electrons. The molecule has 3 rings (SSSR count). The highest BCUT2D eigenvalue weighted by Gasteiger charge is 2.31. The zero-order valence-electron chi connectivity index (χ0n) is 13.6. The summed E-state index contributed by atoms with van der Waals surface area (Å²) in [6, 6.07) is 8.13. The van der Waals surface area contributed by atoms with Crippen LogP contribution in [-0.2, 0) is 6.42 Å². The third-order valence-electron chi connectivity index (χ3n) is 5.53. The van der Waals surface area contributed by atoms with Crippen LogP contribution in [0.25, 0.3) is 0 Å². The highest BCUT2D eigenvalue weighted by atomic mass is 15.2. The van der Waals surface area contributed by atoms with E-state index in [0.29, 0.717) is 6.04 Å². The lowest BCUT2D eigenvalue weighted by Crippen LogP contribution is -2.50. The predicted molar refractivity (Wildman–Crippen MR) is 89.5 cm³/mol. The quantitative estimate of drug-likeness (QED) is 0.922. The van der Waals surface area contributed by atoms with Gasteiger partial charge in [0.1, 0.15) is 0 Å². The second kappa shape index (κ2) is 6.50. The van der Waals surface area contributed by atoms with Crippen LogP contribution in [0.4, 0.5) is 0 Å². The first-order chi connectivity index (χ1) is 10.1. The Morgan fingerprint density at radius 2 is 1.86 bits per heavy atom. The minimum absolute atomic E-state index is 0.371. The summed E-state index contributed by atoms with van der Waals surface area (Å²) in [5.41, 5.74) is 10.7. The maximum Gasteiger partial charge on any atom is 0.0171 e. The molecule has 1 heterocycles. The normalized spacial score (nSPS) is 28.1. The van der Waals surface area contributed by atoms with Crippen LogP contribution in [0.5, 0.6) is 0 Å². The molecular formula is C19H30N2. The SMILES string of the molecule is Cc1ccc(CC2CC(N)CN(C3CCCC3)C2)cc1C. The molecule has 21 heavy (non-hydrogen) atoms. The Bertz CT molecular complexity index is 476. The monoisotopic (exact) mass is 286 g/mol. The van der Waals surface area contributed by atoms with E-state index in [1.165, 1.54) is 61.8 Å². The highest BCUT2D eigenvalue weighted by Crippen LogP contribution is 2.29. The van der Waals surface area contributed by atoms with Gasteiger partial charge in [-0.15, -0.1) is 0 Å². The average molecular weight is 286 g/mol. The van der Waals surface area contributed by atoms with E-state index in [1.807, 2.05) is 0 Å². The molecule has 0 spiro atoms. The fourth-order valence-electron chi connectivity index (χ4n) is 4.26. The number of hydrogen-bond donors (Lipinski definition) is 1. The van der Waals surface area contributed by atoms with Crippen LogP contribution in [0, 0.1) is 19.8 Å². The van der Waals surface area contributed by atoms with E-state index in [0.717, 1.165) is 18.5 Å². The lowest BCUT2D eigenvalue weighted by Gasteiger charge is -2.40. The third-order valence-corrected chi connectivity index (χ3v) is 5.53. The van der Waals surface area contributed by atoms with Crippen molar-refractivity contribution in [2.45, 2.75) is 64.5 Å². The van der Waals surface area contributed by atoms with Crippen LogP contribution < -0.4 is 5.73 Å². The molecule has 2 aliphatic rings. The molecule has 2 atom stereocenters. The first kappa shape index (κ1) is 15.1. The lowest BCUT2D eigenvalue weighted by atomic mass is 9.87. The summed E-state index contributed by atoms with van der Waals surface area (Å²) in [7, 11) is 0. The molecule has 1 aliphatic carbocycles. The number of rotatable bonds is 3. The van der Waals surface area contributed by atoms with Crippen molar-refractivity contribution < 1.29 is 0 Å². The molecule has 2 nitrogen and oxygen atoms in total. The van der Waals surface area contributed by atoms with Gasteiger partial charge >= 0.3 is 0 Å². The molecule has 1 aromatic carbocycles. The van der Waals surface area contributed by atoms with E-state index < -0.39 is 0 Å². The smallest absolute Gasteiger partial charge is 0.0171 e. The number of benzene rings is 1. The number of hydrogen-bond acceptors (Lipinski definition) is 2. The van der Waals surface area contributed by atoms with E-state index >= 15 is 0 Å². The van der Waals surface area contributed by atoms with Gasteiger partial charge in [0.15, 0.2) is 0 Å². The largest absolute Gasteiger partial charge is 0.327 e. The Balaban J connectivity index is 1.65. The number of nitrogens with zero attached hydrogens (tertiary/aromatic N) is 1. The van der Waals surface area contributed by atoms with Crippen molar-refractivity contribution in [1.82, 2.24) is 4.90 Å². The van der Waals surface area contributed by atoms with Gasteiger partial charge in [0.25, 0.3) is 0 Å². The van der Waals surface area contributed by atoms with E-state index in [4.69, 9.17) is 5.73 Å². The molecule has 1 aromatic rings. The molecule has 1 aliphatic heterocycles. The minimum atomic E-state index is 0.371. The van der Waals surface area contributed by atoms with E-state index in [9.17, 15) is 0 Å². The lowest BCUT2D eigenvalue weighted by molar-refractivity contribution is 0.111. The van der Waals surface area contributed by atoms with Crippen LogP contribution in [-0.4, -0.2) is 30.1 Å². The summed E-state index contributed by atoms with van der Waals surface area (Å²) in [5.74, 6) is 0.733. The molecular weight excluding hydrogens is 256 g/mol. The van der Waals surface area contributed by atoms with Crippen LogP contribution in [0.15, 0.2) is 18.2 Å². The standard InChI is InChI=1S/C19H30N2/c1-14-7-8-16(9-15(14)2)10-17-11-18(20)13-21(12-17)19-5-3-4-6-19/h7-9,17-19H,3-6,10-13,20H2,1-2H3. The van der Waals surface area contributed by atoms with Crippen LogP contribution >= 0.6 is 0 Å². The van der Waals surface area contributed by atoms with Crippen molar-refractivity contribution >= 4 is 0 Å². The van der Waals surface area contributed by atoms with Crippen molar-refractivity contribution in [3.8, 4) is 0 Å². The van der Waals surface area contributed by atoms with Crippen molar-refractivity contribution in [3.05, 3.63) is 34.9 Å². The van der Waals surface area contributed by atoms with Gasteiger partial charge in [-0.05, 0) is 62.1 Å². The molecule has 0 radical (unpaired) electrons. The van der Waals surface area contributed by atoms with Gasteiger partial charge in [-0.1, -0.05) is 31.0 Å². The number of likely N-dealkylation sites (tertiary alicyclic amines) is 1. The maximum atomic E-state index is 6.35. The summed E-state index contributed by atoms with van der Waals surface area (Å²) in [5, 5.41) is 0. The van der Waals surface area contributed by atoms with Crippen LogP contribution in [0.1, 0.15) is 48.8 Å². The highest BCUT2D eigenvalue weighted by molar-refractivity contribution is 5.30. The third kappa shape index (κ3) is 3.67. The topological polar surface area (TPSA) is 29.3 Å². The van der Waals surface area contributed by atoms with Crippen molar-refractivity contribution in [2.24, 2.45) is 11.7 Å². The second-order valence-electron chi connectivity index (χ2n) is 7.38. The Labute approximate surface area is 129 Å². The molecule has 2 unspecified atom stereocenters. The maximum absolute atomic E-state index is 6.35. The molecule has 2 fully saturated rings. The summed E-state index contributed by atoms with van der Waals surface area (Å²) >= 11 is 0. The molecule has 0 amide bonds. The summed E-state index contributed by atoms with van der Waals surface area (Å²) in [4.78, 5) is 2.70. The Morgan fingerprint density at radius 3 is 2.57 bits per heavy atom. The van der Waals surface area contributed by atoms with Gasteiger partial charge in [0.05, 0.1) is 0 Å². The van der Waals surface area contributed by atoms with E-state index in [-0.39, 0.29) is 0 Å².